The number of benzene rings is 1. The third-order valence-corrected chi connectivity index (χ3v) is 3.12. The van der Waals surface area contributed by atoms with Gasteiger partial charge in [-0.25, -0.2) is 0 Å². The maximum Gasteiger partial charge on any atom is 0.251 e. The van der Waals surface area contributed by atoms with Gasteiger partial charge < -0.3 is 11.1 Å². The molecule has 3 nitrogen and oxygen atoms in total. The Bertz CT molecular complexity index is 379. The fraction of sp³-hybridized carbons (Fsp3) is 0.417. The normalized spacial score (nSPS) is 12.2. The number of amides is 1. The van der Waals surface area contributed by atoms with Gasteiger partial charge in [-0.2, -0.15) is 11.8 Å². The molecule has 1 rings (SSSR count). The summed E-state index contributed by atoms with van der Waals surface area (Å²) in [7, 11) is 0. The Balaban J connectivity index is 2.73. The Morgan fingerprint density at radius 2 is 2.25 bits per heavy atom. The van der Waals surface area contributed by atoms with E-state index in [1.807, 2.05) is 26.2 Å². The minimum atomic E-state index is -0.0287. The van der Waals surface area contributed by atoms with Crippen molar-refractivity contribution in [2.45, 2.75) is 19.9 Å². The molecule has 0 spiro atoms. The quantitative estimate of drug-likeness (QED) is 0.789. The smallest absolute Gasteiger partial charge is 0.251 e. The van der Waals surface area contributed by atoms with Crippen molar-refractivity contribution in [3.8, 4) is 0 Å². The third kappa shape index (κ3) is 3.45. The summed E-state index contributed by atoms with van der Waals surface area (Å²) in [6.07, 6.45) is 2.02. The van der Waals surface area contributed by atoms with Gasteiger partial charge in [0.1, 0.15) is 0 Å². The van der Waals surface area contributed by atoms with E-state index in [2.05, 4.69) is 5.32 Å². The number of nitrogen functional groups attached to an aromatic ring is 1. The largest absolute Gasteiger partial charge is 0.399 e. The molecule has 0 radical (unpaired) electrons. The molecule has 0 bridgehead atoms. The van der Waals surface area contributed by atoms with E-state index < -0.39 is 0 Å². The number of nitrogens with two attached hydrogens (primary N) is 1. The van der Waals surface area contributed by atoms with Gasteiger partial charge in [0.25, 0.3) is 5.91 Å². The number of nitrogens with one attached hydrogen (secondary N) is 1. The Kier molecular flexibility index (Phi) is 4.68. The van der Waals surface area contributed by atoms with Gasteiger partial charge in [-0.15, -0.1) is 0 Å². The van der Waals surface area contributed by atoms with E-state index in [1.54, 1.807) is 23.9 Å². The molecule has 0 saturated heterocycles. The molecule has 0 aliphatic heterocycles. The summed E-state index contributed by atoms with van der Waals surface area (Å²) in [5.41, 5.74) is 7.94. The molecule has 0 fully saturated rings. The number of anilines is 1. The van der Waals surface area contributed by atoms with Crippen LogP contribution in [-0.4, -0.2) is 24.0 Å². The highest BCUT2D eigenvalue weighted by Gasteiger charge is 2.11. The molecule has 1 aromatic rings. The van der Waals surface area contributed by atoms with Crippen LogP contribution in [0.25, 0.3) is 0 Å². The molecule has 16 heavy (non-hydrogen) atoms. The van der Waals surface area contributed by atoms with Crippen molar-refractivity contribution in [2.75, 3.05) is 17.7 Å². The summed E-state index contributed by atoms with van der Waals surface area (Å²) in [6, 6.07) is 5.51. The van der Waals surface area contributed by atoms with E-state index >= 15 is 0 Å². The van der Waals surface area contributed by atoms with E-state index in [9.17, 15) is 4.79 Å². The second-order valence-electron chi connectivity index (χ2n) is 3.90. The van der Waals surface area contributed by atoms with Gasteiger partial charge in [0.15, 0.2) is 0 Å². The van der Waals surface area contributed by atoms with Crippen molar-refractivity contribution < 1.29 is 4.79 Å². The summed E-state index contributed by atoms with van der Waals surface area (Å²) in [6.45, 7) is 3.89. The van der Waals surface area contributed by atoms with Gasteiger partial charge in [0.05, 0.1) is 0 Å². The summed E-state index contributed by atoms with van der Waals surface area (Å²) in [5, 5.41) is 2.96. The minimum absolute atomic E-state index is 0.0287. The van der Waals surface area contributed by atoms with Crippen LogP contribution in [-0.2, 0) is 0 Å². The topological polar surface area (TPSA) is 55.1 Å². The van der Waals surface area contributed by atoms with Gasteiger partial charge in [-0.05, 0) is 43.9 Å². The molecule has 1 aromatic carbocycles. The van der Waals surface area contributed by atoms with E-state index in [4.69, 9.17) is 5.73 Å². The molecule has 0 heterocycles. The van der Waals surface area contributed by atoms with E-state index in [1.165, 1.54) is 0 Å². The Morgan fingerprint density at radius 1 is 1.56 bits per heavy atom. The van der Waals surface area contributed by atoms with Crippen molar-refractivity contribution in [1.29, 1.82) is 0 Å². The lowest BCUT2D eigenvalue weighted by molar-refractivity contribution is 0.0943. The van der Waals surface area contributed by atoms with Crippen LogP contribution < -0.4 is 11.1 Å². The monoisotopic (exact) mass is 238 g/mol. The maximum absolute atomic E-state index is 11.9. The predicted octanol–water partition coefficient (Wildman–Crippen LogP) is 2.06. The maximum atomic E-state index is 11.9. The zero-order valence-corrected chi connectivity index (χ0v) is 10.7. The average molecular weight is 238 g/mol. The van der Waals surface area contributed by atoms with Crippen LogP contribution in [0.4, 0.5) is 5.69 Å². The first kappa shape index (κ1) is 12.9. The predicted molar refractivity (Wildman–Crippen MR) is 70.9 cm³/mol. The standard InChI is InChI=1S/C12H18N2OS/c1-8-6-10(13)4-5-11(8)12(15)14-9(2)7-16-3/h4-6,9H,7,13H2,1-3H3,(H,14,15). The first-order valence-electron chi connectivity index (χ1n) is 5.20. The number of carbonyl (C=O) groups is 1. The second-order valence-corrected chi connectivity index (χ2v) is 4.81. The number of hydrogen-bond donors (Lipinski definition) is 2. The van der Waals surface area contributed by atoms with Gasteiger partial charge in [-0.3, -0.25) is 4.79 Å². The Hall–Kier alpha value is -1.16. The highest BCUT2D eigenvalue weighted by Crippen LogP contribution is 2.12. The SMILES string of the molecule is CSCC(C)NC(=O)c1ccc(N)cc1C. The van der Waals surface area contributed by atoms with Crippen molar-refractivity contribution in [1.82, 2.24) is 5.32 Å². The van der Waals surface area contributed by atoms with Crippen LogP contribution in [0.2, 0.25) is 0 Å². The van der Waals surface area contributed by atoms with Crippen molar-refractivity contribution in [3.05, 3.63) is 29.3 Å². The van der Waals surface area contributed by atoms with Crippen molar-refractivity contribution in [2.24, 2.45) is 0 Å². The zero-order chi connectivity index (χ0) is 12.1. The average Bonchev–Trinajstić information content (AvgIpc) is 2.17. The number of thioether (sulfide) groups is 1. The fourth-order valence-corrected chi connectivity index (χ4v) is 2.12. The molecule has 1 amide bonds. The molecule has 3 N–H and O–H groups in total. The van der Waals surface area contributed by atoms with Gasteiger partial charge in [0.2, 0.25) is 0 Å². The van der Waals surface area contributed by atoms with Gasteiger partial charge in [0, 0.05) is 23.0 Å². The number of rotatable bonds is 4. The highest BCUT2D eigenvalue weighted by molar-refractivity contribution is 7.98. The highest BCUT2D eigenvalue weighted by atomic mass is 32.2. The second kappa shape index (κ2) is 5.80. The van der Waals surface area contributed by atoms with E-state index in [-0.39, 0.29) is 11.9 Å². The van der Waals surface area contributed by atoms with Crippen LogP contribution >= 0.6 is 11.8 Å². The fourth-order valence-electron chi connectivity index (χ4n) is 1.53. The lowest BCUT2D eigenvalue weighted by Crippen LogP contribution is -2.34. The molecule has 0 saturated carbocycles. The summed E-state index contributed by atoms with van der Waals surface area (Å²) < 4.78 is 0. The summed E-state index contributed by atoms with van der Waals surface area (Å²) in [4.78, 5) is 11.9. The number of carbonyl (C=O) groups excluding carboxylic acids is 1. The van der Waals surface area contributed by atoms with Crippen LogP contribution in [0.15, 0.2) is 18.2 Å². The lowest BCUT2D eigenvalue weighted by Gasteiger charge is -2.13. The molecule has 88 valence electrons. The molecule has 1 atom stereocenters. The first-order valence-corrected chi connectivity index (χ1v) is 6.60. The third-order valence-electron chi connectivity index (χ3n) is 2.29. The molecule has 4 heteroatoms. The molecule has 0 aromatic heterocycles. The van der Waals surface area contributed by atoms with Crippen molar-refractivity contribution in [3.63, 3.8) is 0 Å². The Labute approximate surface area is 101 Å². The number of aryl methyl sites for hydroxylation is 1. The molecule has 1 unspecified atom stereocenters. The number of hydrogen-bond acceptors (Lipinski definition) is 3. The van der Waals surface area contributed by atoms with Crippen LogP contribution in [0.3, 0.4) is 0 Å². The molecule has 0 aliphatic carbocycles. The van der Waals surface area contributed by atoms with E-state index in [0.29, 0.717) is 11.3 Å². The van der Waals surface area contributed by atoms with E-state index in [0.717, 1.165) is 11.3 Å². The summed E-state index contributed by atoms with van der Waals surface area (Å²) >= 11 is 1.72. The van der Waals surface area contributed by atoms with Crippen LogP contribution in [0.1, 0.15) is 22.8 Å². The van der Waals surface area contributed by atoms with Crippen molar-refractivity contribution >= 4 is 23.4 Å². The minimum Gasteiger partial charge on any atom is -0.399 e. The molecule has 0 aliphatic rings. The van der Waals surface area contributed by atoms with Crippen LogP contribution in [0, 0.1) is 6.92 Å². The van der Waals surface area contributed by atoms with Gasteiger partial charge >= 0.3 is 0 Å². The summed E-state index contributed by atoms with van der Waals surface area (Å²) in [5.74, 6) is 0.888. The Morgan fingerprint density at radius 3 is 2.81 bits per heavy atom. The van der Waals surface area contributed by atoms with Crippen LogP contribution in [0.5, 0.6) is 0 Å². The first-order chi connectivity index (χ1) is 7.54. The van der Waals surface area contributed by atoms with Gasteiger partial charge in [-0.1, -0.05) is 0 Å². The lowest BCUT2D eigenvalue weighted by atomic mass is 10.1. The zero-order valence-electron chi connectivity index (χ0n) is 9.91. The molecular weight excluding hydrogens is 220 g/mol. The molecular formula is C12H18N2OS.